The van der Waals surface area contributed by atoms with Gasteiger partial charge in [0.2, 0.25) is 5.91 Å². The Hall–Kier alpha value is -3.81. The molecule has 0 radical (unpaired) electrons. The van der Waals surface area contributed by atoms with E-state index in [-0.39, 0.29) is 30.3 Å². The lowest BCUT2D eigenvalue weighted by atomic mass is 9.95. The maximum Gasteiger partial charge on any atom is 0.322 e. The second kappa shape index (κ2) is 13.0. The van der Waals surface area contributed by atoms with Crippen molar-refractivity contribution in [2.45, 2.75) is 66.0 Å². The number of rotatable bonds is 12. The van der Waals surface area contributed by atoms with E-state index >= 15 is 0 Å². The molecule has 2 aliphatic rings. The Labute approximate surface area is 238 Å². The van der Waals surface area contributed by atoms with Crippen molar-refractivity contribution in [1.82, 2.24) is 20.0 Å². The smallest absolute Gasteiger partial charge is 0.322 e. The molecule has 2 unspecified atom stereocenters. The van der Waals surface area contributed by atoms with Gasteiger partial charge in [0.25, 0.3) is 5.91 Å². The van der Waals surface area contributed by atoms with Gasteiger partial charge < -0.3 is 19.9 Å². The molecule has 0 aliphatic carbocycles. The van der Waals surface area contributed by atoms with Crippen LogP contribution in [0.1, 0.15) is 65.5 Å². The Morgan fingerprint density at radius 3 is 2.30 bits per heavy atom. The second-order valence-corrected chi connectivity index (χ2v) is 10.9. The number of nitrogens with zero attached hydrogens (tertiary/aromatic N) is 3. The van der Waals surface area contributed by atoms with Crippen molar-refractivity contribution in [2.24, 2.45) is 5.92 Å². The summed E-state index contributed by atoms with van der Waals surface area (Å²) in [5.74, 6) is 1.32. The molecule has 0 spiro atoms. The summed E-state index contributed by atoms with van der Waals surface area (Å²) >= 11 is 0. The molecule has 214 valence electrons. The topological polar surface area (TPSA) is 82.2 Å². The Balaban J connectivity index is 1.69. The number of para-hydroxylation sites is 1. The molecule has 1 N–H and O–H groups in total. The molecule has 8 heteroatoms. The zero-order chi connectivity index (χ0) is 28.8. The fourth-order valence-electron chi connectivity index (χ4n) is 5.62. The zero-order valence-corrected chi connectivity index (χ0v) is 24.4. The highest BCUT2D eigenvalue weighted by molar-refractivity contribution is 6.03. The average Bonchev–Trinajstić information content (AvgIpc) is 3.28. The lowest BCUT2D eigenvalue weighted by Gasteiger charge is -2.34. The van der Waals surface area contributed by atoms with Gasteiger partial charge in [-0.3, -0.25) is 14.5 Å². The predicted octanol–water partition coefficient (Wildman–Crippen LogP) is 5.72. The van der Waals surface area contributed by atoms with E-state index in [9.17, 15) is 14.4 Å². The van der Waals surface area contributed by atoms with Gasteiger partial charge in [-0.05, 0) is 61.9 Å². The Morgan fingerprint density at radius 1 is 1.00 bits per heavy atom. The van der Waals surface area contributed by atoms with Crippen molar-refractivity contribution in [2.75, 3.05) is 26.2 Å². The van der Waals surface area contributed by atoms with E-state index in [2.05, 4.69) is 33.0 Å². The number of hydrogen-bond acceptors (Lipinski definition) is 4. The Morgan fingerprint density at radius 2 is 1.68 bits per heavy atom. The van der Waals surface area contributed by atoms with Gasteiger partial charge in [-0.2, -0.15) is 0 Å². The zero-order valence-electron chi connectivity index (χ0n) is 24.4. The molecule has 4 amide bonds. The number of ether oxygens (including phenoxy) is 1. The highest BCUT2D eigenvalue weighted by Crippen LogP contribution is 2.39. The second-order valence-electron chi connectivity index (χ2n) is 10.9. The third-order valence-electron chi connectivity index (χ3n) is 7.39. The summed E-state index contributed by atoms with van der Waals surface area (Å²) in [4.78, 5) is 46.6. The summed E-state index contributed by atoms with van der Waals surface area (Å²) in [6.45, 7) is 12.1. The molecule has 2 atom stereocenters. The first kappa shape index (κ1) is 29.2. The van der Waals surface area contributed by atoms with Crippen molar-refractivity contribution >= 4 is 17.8 Å². The minimum Gasteiger partial charge on any atom is -0.457 e. The minimum atomic E-state index is -0.640. The molecular weight excluding hydrogens is 504 g/mol. The molecule has 2 aromatic rings. The van der Waals surface area contributed by atoms with Gasteiger partial charge in [0.1, 0.15) is 17.5 Å². The molecular formula is C32H42N4O4. The summed E-state index contributed by atoms with van der Waals surface area (Å²) in [5.41, 5.74) is 1.96. The van der Waals surface area contributed by atoms with E-state index in [1.807, 2.05) is 66.4 Å². The Kier molecular flexibility index (Phi) is 9.50. The molecule has 0 saturated carbocycles. The Bertz CT molecular complexity index is 1240. The summed E-state index contributed by atoms with van der Waals surface area (Å²) in [6, 6.07) is 15.5. The number of likely N-dealkylation sites (N-methyl/N-ethyl adjacent to an activating group) is 1. The van der Waals surface area contributed by atoms with Crippen LogP contribution >= 0.6 is 0 Å². The van der Waals surface area contributed by atoms with Gasteiger partial charge in [0, 0.05) is 19.6 Å². The van der Waals surface area contributed by atoms with Gasteiger partial charge in [-0.1, -0.05) is 58.0 Å². The van der Waals surface area contributed by atoms with Crippen molar-refractivity contribution in [3.8, 4) is 11.5 Å². The third-order valence-corrected chi connectivity index (χ3v) is 7.39. The summed E-state index contributed by atoms with van der Waals surface area (Å²) in [7, 11) is 0. The van der Waals surface area contributed by atoms with Crippen LogP contribution in [0.2, 0.25) is 0 Å². The highest BCUT2D eigenvalue weighted by atomic mass is 16.5. The van der Waals surface area contributed by atoms with E-state index in [0.29, 0.717) is 48.8 Å². The first-order valence-corrected chi connectivity index (χ1v) is 14.5. The lowest BCUT2D eigenvalue weighted by molar-refractivity contribution is -0.143. The van der Waals surface area contributed by atoms with Crippen molar-refractivity contribution in [3.05, 3.63) is 71.4 Å². The summed E-state index contributed by atoms with van der Waals surface area (Å²) in [5, 5.41) is 3.05. The molecule has 0 bridgehead atoms. The van der Waals surface area contributed by atoms with Gasteiger partial charge >= 0.3 is 6.03 Å². The van der Waals surface area contributed by atoms with E-state index < -0.39 is 12.1 Å². The number of hydrogen-bond donors (Lipinski definition) is 1. The predicted molar refractivity (Wildman–Crippen MR) is 156 cm³/mol. The van der Waals surface area contributed by atoms with Crippen LogP contribution in [0.4, 0.5) is 4.79 Å². The quantitative estimate of drug-likeness (QED) is 0.369. The number of carbonyl (C=O) groups is 3. The molecule has 2 aromatic carbocycles. The standard InChI is InChI=1S/C32H42N4O4/c1-6-17-34(18-7-2)30(37)26(19-22(4)5)36-21-27-28(31(36)38)29(33-32(39)35(27)8-3)23-13-12-16-25(20-23)40-24-14-10-9-11-15-24/h9-16,20,22,26,29H,6-8,17-19,21H2,1-5H3,(H,33,39). The van der Waals surface area contributed by atoms with Gasteiger partial charge in [0.05, 0.1) is 23.9 Å². The maximum atomic E-state index is 14.2. The van der Waals surface area contributed by atoms with Crippen LogP contribution in [-0.4, -0.2) is 64.8 Å². The summed E-state index contributed by atoms with van der Waals surface area (Å²) in [6.07, 6.45) is 2.27. The van der Waals surface area contributed by atoms with Crippen LogP contribution in [0.5, 0.6) is 11.5 Å². The highest BCUT2D eigenvalue weighted by Gasteiger charge is 2.47. The number of amides is 4. The van der Waals surface area contributed by atoms with Crippen LogP contribution in [0.25, 0.3) is 0 Å². The van der Waals surface area contributed by atoms with Crippen LogP contribution in [0.15, 0.2) is 65.9 Å². The first-order chi connectivity index (χ1) is 19.3. The number of carbonyl (C=O) groups excluding carboxylic acids is 3. The molecule has 2 heterocycles. The van der Waals surface area contributed by atoms with E-state index in [1.54, 1.807) is 9.80 Å². The molecule has 4 rings (SSSR count). The van der Waals surface area contributed by atoms with Gasteiger partial charge in [-0.15, -0.1) is 0 Å². The van der Waals surface area contributed by atoms with Gasteiger partial charge in [-0.25, -0.2) is 4.79 Å². The third kappa shape index (κ3) is 6.16. The van der Waals surface area contributed by atoms with Crippen molar-refractivity contribution in [3.63, 3.8) is 0 Å². The van der Waals surface area contributed by atoms with E-state index in [1.165, 1.54) is 0 Å². The van der Waals surface area contributed by atoms with E-state index in [4.69, 9.17) is 4.74 Å². The molecule has 2 aliphatic heterocycles. The monoisotopic (exact) mass is 546 g/mol. The SMILES string of the molecule is CCCN(CCC)C(=O)C(CC(C)C)N1CC2=C(C1=O)C(c1cccc(Oc3ccccc3)c1)NC(=O)N2CC. The minimum absolute atomic E-state index is 0.0114. The number of urea groups is 1. The van der Waals surface area contributed by atoms with Crippen molar-refractivity contribution < 1.29 is 19.1 Å². The van der Waals surface area contributed by atoms with Gasteiger partial charge in [0.15, 0.2) is 0 Å². The molecule has 40 heavy (non-hydrogen) atoms. The average molecular weight is 547 g/mol. The van der Waals surface area contributed by atoms with E-state index in [0.717, 1.165) is 18.4 Å². The molecule has 0 saturated heterocycles. The molecule has 0 fully saturated rings. The van der Waals surface area contributed by atoms with Crippen LogP contribution in [0, 0.1) is 5.92 Å². The largest absolute Gasteiger partial charge is 0.457 e. The van der Waals surface area contributed by atoms with Crippen LogP contribution < -0.4 is 10.1 Å². The lowest BCUT2D eigenvalue weighted by Crippen LogP contribution is -2.51. The molecule has 0 aromatic heterocycles. The normalized spacial score (nSPS) is 17.7. The number of benzene rings is 2. The fraction of sp³-hybridized carbons (Fsp3) is 0.469. The van der Waals surface area contributed by atoms with Crippen LogP contribution in [0.3, 0.4) is 0 Å². The maximum absolute atomic E-state index is 14.2. The van der Waals surface area contributed by atoms with Crippen molar-refractivity contribution in [1.29, 1.82) is 0 Å². The molecule has 8 nitrogen and oxygen atoms in total. The number of nitrogens with one attached hydrogen (secondary N) is 1. The fourth-order valence-corrected chi connectivity index (χ4v) is 5.62. The summed E-state index contributed by atoms with van der Waals surface area (Å²) < 4.78 is 6.04. The first-order valence-electron chi connectivity index (χ1n) is 14.5. The van der Waals surface area contributed by atoms with Crippen LogP contribution in [-0.2, 0) is 9.59 Å².